The van der Waals surface area contributed by atoms with E-state index >= 15 is 0 Å². The van der Waals surface area contributed by atoms with E-state index in [0.717, 1.165) is 23.6 Å². The molecule has 0 aromatic heterocycles. The topological polar surface area (TPSA) is 3.24 Å². The zero-order valence-electron chi connectivity index (χ0n) is 13.0. The van der Waals surface area contributed by atoms with Gasteiger partial charge in [0.15, 0.2) is 0 Å². The third-order valence-corrected chi connectivity index (χ3v) is 4.28. The van der Waals surface area contributed by atoms with Crippen molar-refractivity contribution in [2.45, 2.75) is 6.42 Å². The van der Waals surface area contributed by atoms with Crippen molar-refractivity contribution in [2.75, 3.05) is 20.6 Å². The van der Waals surface area contributed by atoms with Crippen molar-refractivity contribution in [3.63, 3.8) is 0 Å². The Kier molecular flexibility index (Phi) is 4.47. The summed E-state index contributed by atoms with van der Waals surface area (Å²) >= 11 is 6.42. The van der Waals surface area contributed by atoms with Crippen LogP contribution in [-0.4, -0.2) is 25.5 Å². The van der Waals surface area contributed by atoms with Gasteiger partial charge in [0.1, 0.15) is 0 Å². The number of nitrogens with zero attached hydrogens (tertiary/aromatic N) is 1. The molecule has 2 heteroatoms. The minimum absolute atomic E-state index is 0.806. The summed E-state index contributed by atoms with van der Waals surface area (Å²) in [5.74, 6) is 0. The van der Waals surface area contributed by atoms with E-state index in [9.17, 15) is 0 Å². The Bertz CT molecular complexity index is 741. The Morgan fingerprint density at radius 3 is 2.55 bits per heavy atom. The summed E-state index contributed by atoms with van der Waals surface area (Å²) in [5, 5.41) is 0.806. The molecule has 0 saturated carbocycles. The molecule has 3 rings (SSSR count). The molecule has 0 aliphatic heterocycles. The summed E-state index contributed by atoms with van der Waals surface area (Å²) in [6, 6.07) is 14.7. The Hall–Kier alpha value is -1.83. The van der Waals surface area contributed by atoms with E-state index in [1.807, 2.05) is 12.1 Å². The van der Waals surface area contributed by atoms with Crippen LogP contribution in [0.3, 0.4) is 0 Å². The van der Waals surface area contributed by atoms with Crippen LogP contribution < -0.4 is 0 Å². The maximum atomic E-state index is 6.42. The lowest BCUT2D eigenvalue weighted by Crippen LogP contribution is -2.12. The number of fused-ring (bicyclic) bond motifs is 2. The van der Waals surface area contributed by atoms with E-state index < -0.39 is 0 Å². The van der Waals surface area contributed by atoms with Gasteiger partial charge in [-0.05, 0) is 48.8 Å². The molecule has 0 spiro atoms. The highest BCUT2D eigenvalue weighted by molar-refractivity contribution is 6.32. The Morgan fingerprint density at radius 2 is 1.73 bits per heavy atom. The highest BCUT2D eigenvalue weighted by Gasteiger charge is 2.16. The number of hydrogen-bond acceptors (Lipinski definition) is 1. The van der Waals surface area contributed by atoms with E-state index in [2.05, 4.69) is 67.6 Å². The SMILES string of the molecule is CN(C)CCC=C1c2ccccc2C=Cc2c(Cl)cccc21. The number of rotatable bonds is 3. The molecule has 1 nitrogen and oxygen atoms in total. The second-order valence-corrected chi connectivity index (χ2v) is 6.24. The first kappa shape index (κ1) is 15.1. The summed E-state index contributed by atoms with van der Waals surface area (Å²) in [5.41, 5.74) is 6.12. The molecule has 112 valence electrons. The van der Waals surface area contributed by atoms with Crippen LogP contribution in [-0.2, 0) is 0 Å². The lowest BCUT2D eigenvalue weighted by molar-refractivity contribution is 0.417. The summed E-state index contributed by atoms with van der Waals surface area (Å²) in [6.07, 6.45) is 7.64. The van der Waals surface area contributed by atoms with Crippen molar-refractivity contribution >= 4 is 29.3 Å². The molecule has 0 N–H and O–H groups in total. The summed E-state index contributed by atoms with van der Waals surface area (Å²) in [4.78, 5) is 2.21. The molecule has 2 aromatic rings. The second-order valence-electron chi connectivity index (χ2n) is 5.83. The molecular weight excluding hydrogens is 290 g/mol. The van der Waals surface area contributed by atoms with Crippen LogP contribution in [0, 0.1) is 0 Å². The summed E-state index contributed by atoms with van der Waals surface area (Å²) < 4.78 is 0. The first-order valence-electron chi connectivity index (χ1n) is 7.58. The van der Waals surface area contributed by atoms with Crippen molar-refractivity contribution in [3.8, 4) is 0 Å². The van der Waals surface area contributed by atoms with Gasteiger partial charge in [-0.1, -0.05) is 66.2 Å². The van der Waals surface area contributed by atoms with Gasteiger partial charge < -0.3 is 4.90 Å². The van der Waals surface area contributed by atoms with E-state index in [0.29, 0.717) is 0 Å². The van der Waals surface area contributed by atoms with Gasteiger partial charge in [-0.3, -0.25) is 0 Å². The number of hydrogen-bond donors (Lipinski definition) is 0. The highest BCUT2D eigenvalue weighted by atomic mass is 35.5. The lowest BCUT2D eigenvalue weighted by Gasteiger charge is -2.14. The minimum atomic E-state index is 0.806. The monoisotopic (exact) mass is 309 g/mol. The predicted molar refractivity (Wildman–Crippen MR) is 97.1 cm³/mol. The molecule has 0 unspecified atom stereocenters. The fourth-order valence-corrected chi connectivity index (χ4v) is 3.07. The van der Waals surface area contributed by atoms with Gasteiger partial charge in [0.25, 0.3) is 0 Å². The van der Waals surface area contributed by atoms with Crippen molar-refractivity contribution in [2.24, 2.45) is 0 Å². The van der Waals surface area contributed by atoms with Gasteiger partial charge in [-0.25, -0.2) is 0 Å². The molecule has 0 amide bonds. The molecule has 0 bridgehead atoms. The number of halogens is 1. The predicted octanol–water partition coefficient (Wildman–Crippen LogP) is 5.21. The summed E-state index contributed by atoms with van der Waals surface area (Å²) in [6.45, 7) is 1.04. The van der Waals surface area contributed by atoms with Gasteiger partial charge in [0.05, 0.1) is 0 Å². The summed E-state index contributed by atoms with van der Waals surface area (Å²) in [7, 11) is 4.21. The quantitative estimate of drug-likeness (QED) is 0.642. The third kappa shape index (κ3) is 3.01. The fourth-order valence-electron chi connectivity index (χ4n) is 2.83. The molecule has 0 heterocycles. The second kappa shape index (κ2) is 6.51. The van der Waals surface area contributed by atoms with Gasteiger partial charge in [-0.15, -0.1) is 0 Å². The van der Waals surface area contributed by atoms with Crippen LogP contribution in [0.4, 0.5) is 0 Å². The highest BCUT2D eigenvalue weighted by Crippen LogP contribution is 2.36. The van der Waals surface area contributed by atoms with Gasteiger partial charge in [0, 0.05) is 17.1 Å². The maximum absolute atomic E-state index is 6.42. The first-order chi connectivity index (χ1) is 10.7. The Balaban J connectivity index is 2.15. The Labute approximate surface area is 137 Å². The average molecular weight is 310 g/mol. The minimum Gasteiger partial charge on any atom is -0.309 e. The van der Waals surface area contributed by atoms with Gasteiger partial charge >= 0.3 is 0 Å². The van der Waals surface area contributed by atoms with Crippen LogP contribution in [0.15, 0.2) is 48.5 Å². The van der Waals surface area contributed by atoms with Gasteiger partial charge in [-0.2, -0.15) is 0 Å². The smallest absolute Gasteiger partial charge is 0.0484 e. The zero-order valence-corrected chi connectivity index (χ0v) is 13.8. The van der Waals surface area contributed by atoms with Crippen LogP contribution in [0.5, 0.6) is 0 Å². The van der Waals surface area contributed by atoms with Gasteiger partial charge in [0.2, 0.25) is 0 Å². The largest absolute Gasteiger partial charge is 0.309 e. The molecule has 2 aromatic carbocycles. The molecule has 0 radical (unpaired) electrons. The molecule has 0 atom stereocenters. The van der Waals surface area contributed by atoms with E-state index in [1.165, 1.54) is 22.3 Å². The van der Waals surface area contributed by atoms with Crippen LogP contribution in [0.1, 0.15) is 28.7 Å². The standard InChI is InChI=1S/C20H20ClN/c1-22(2)14-6-10-17-16-8-4-3-7-15(16)12-13-19-18(17)9-5-11-20(19)21/h3-5,7-13H,6,14H2,1-2H3. The third-order valence-electron chi connectivity index (χ3n) is 3.95. The molecule has 0 fully saturated rings. The van der Waals surface area contributed by atoms with Crippen molar-refractivity contribution in [1.82, 2.24) is 4.90 Å². The normalized spacial score (nSPS) is 14.8. The number of benzene rings is 2. The van der Waals surface area contributed by atoms with Crippen molar-refractivity contribution in [1.29, 1.82) is 0 Å². The molecule has 22 heavy (non-hydrogen) atoms. The molecule has 0 saturated heterocycles. The molecular formula is C20H20ClN. The Morgan fingerprint density at radius 1 is 0.955 bits per heavy atom. The van der Waals surface area contributed by atoms with E-state index in [1.54, 1.807) is 0 Å². The van der Waals surface area contributed by atoms with Crippen molar-refractivity contribution < 1.29 is 0 Å². The van der Waals surface area contributed by atoms with E-state index in [4.69, 9.17) is 11.6 Å². The van der Waals surface area contributed by atoms with E-state index in [-0.39, 0.29) is 0 Å². The molecule has 1 aliphatic rings. The first-order valence-corrected chi connectivity index (χ1v) is 7.96. The lowest BCUT2D eigenvalue weighted by atomic mass is 9.93. The van der Waals surface area contributed by atoms with Crippen LogP contribution >= 0.6 is 11.6 Å². The van der Waals surface area contributed by atoms with Crippen LogP contribution in [0.2, 0.25) is 5.02 Å². The van der Waals surface area contributed by atoms with Crippen molar-refractivity contribution in [3.05, 3.63) is 75.8 Å². The molecule has 1 aliphatic carbocycles. The fraction of sp³-hybridized carbons (Fsp3) is 0.200. The maximum Gasteiger partial charge on any atom is 0.0484 e. The zero-order chi connectivity index (χ0) is 15.5. The van der Waals surface area contributed by atoms with Crippen LogP contribution in [0.25, 0.3) is 17.7 Å². The average Bonchev–Trinajstić information content (AvgIpc) is 2.66.